The van der Waals surface area contributed by atoms with Crippen LogP contribution in [0.5, 0.6) is 0 Å². The Morgan fingerprint density at radius 2 is 1.84 bits per heavy atom. The van der Waals surface area contributed by atoms with Gasteiger partial charge in [0.1, 0.15) is 0 Å². The van der Waals surface area contributed by atoms with Gasteiger partial charge in [0.25, 0.3) is 0 Å². The summed E-state index contributed by atoms with van der Waals surface area (Å²) in [6, 6.07) is 8.95. The zero-order chi connectivity index (χ0) is 13.7. The van der Waals surface area contributed by atoms with Gasteiger partial charge in [-0.3, -0.25) is 4.79 Å². The van der Waals surface area contributed by atoms with E-state index in [4.69, 9.17) is 5.11 Å². The molecule has 1 fully saturated rings. The molecule has 0 atom stereocenters. The van der Waals surface area contributed by atoms with E-state index in [0.29, 0.717) is 12.6 Å². The molecule has 1 aliphatic carbocycles. The lowest BCUT2D eigenvalue weighted by molar-refractivity contribution is -0.136. The summed E-state index contributed by atoms with van der Waals surface area (Å²) in [6.45, 7) is 2.69. The Kier molecular flexibility index (Phi) is 4.83. The number of carboxylic acids is 1. The molecule has 3 nitrogen and oxygen atoms in total. The Morgan fingerprint density at radius 3 is 2.42 bits per heavy atom. The van der Waals surface area contributed by atoms with Gasteiger partial charge < -0.3 is 10.0 Å². The van der Waals surface area contributed by atoms with Gasteiger partial charge in [0, 0.05) is 18.3 Å². The summed E-state index contributed by atoms with van der Waals surface area (Å²) >= 11 is 0. The average Bonchev–Trinajstić information content (AvgIpc) is 2.42. The maximum atomic E-state index is 10.8. The third-order valence-corrected chi connectivity index (χ3v) is 3.95. The van der Waals surface area contributed by atoms with Gasteiger partial charge in [-0.2, -0.15) is 0 Å². The SMILES string of the molecule is Cc1ccc(N(CCC(=O)O)C2CCCCC2)cc1. The number of carboxylic acid groups (broad SMARTS) is 1. The molecule has 0 heterocycles. The smallest absolute Gasteiger partial charge is 0.305 e. The molecule has 0 unspecified atom stereocenters. The van der Waals surface area contributed by atoms with E-state index in [1.165, 1.54) is 43.4 Å². The van der Waals surface area contributed by atoms with Crippen molar-refractivity contribution >= 4 is 11.7 Å². The van der Waals surface area contributed by atoms with Crippen molar-refractivity contribution in [1.29, 1.82) is 0 Å². The summed E-state index contributed by atoms with van der Waals surface area (Å²) in [6.07, 6.45) is 6.43. The number of benzene rings is 1. The highest BCUT2D eigenvalue weighted by atomic mass is 16.4. The van der Waals surface area contributed by atoms with E-state index in [9.17, 15) is 4.79 Å². The van der Waals surface area contributed by atoms with Gasteiger partial charge in [-0.25, -0.2) is 0 Å². The second kappa shape index (κ2) is 6.60. The van der Waals surface area contributed by atoms with E-state index in [0.717, 1.165) is 0 Å². The summed E-state index contributed by atoms with van der Waals surface area (Å²) in [7, 11) is 0. The quantitative estimate of drug-likeness (QED) is 0.880. The summed E-state index contributed by atoms with van der Waals surface area (Å²) in [5, 5.41) is 8.93. The number of aliphatic carboxylic acids is 1. The molecule has 0 aromatic heterocycles. The normalized spacial score (nSPS) is 16.3. The molecule has 0 amide bonds. The largest absolute Gasteiger partial charge is 0.481 e. The molecule has 1 aliphatic rings. The number of anilines is 1. The lowest BCUT2D eigenvalue weighted by Gasteiger charge is -2.36. The van der Waals surface area contributed by atoms with Crippen LogP contribution in [-0.4, -0.2) is 23.7 Å². The van der Waals surface area contributed by atoms with Gasteiger partial charge in [0.05, 0.1) is 6.42 Å². The zero-order valence-electron chi connectivity index (χ0n) is 11.6. The first-order valence-corrected chi connectivity index (χ1v) is 7.22. The topological polar surface area (TPSA) is 40.5 Å². The minimum Gasteiger partial charge on any atom is -0.481 e. The van der Waals surface area contributed by atoms with Gasteiger partial charge in [-0.05, 0) is 31.9 Å². The maximum absolute atomic E-state index is 10.8. The molecule has 1 aromatic carbocycles. The zero-order valence-corrected chi connectivity index (χ0v) is 11.6. The minimum atomic E-state index is -0.715. The van der Waals surface area contributed by atoms with E-state index in [2.05, 4.69) is 36.1 Å². The van der Waals surface area contributed by atoms with Crippen molar-refractivity contribution in [3.05, 3.63) is 29.8 Å². The monoisotopic (exact) mass is 261 g/mol. The van der Waals surface area contributed by atoms with Gasteiger partial charge in [0.2, 0.25) is 0 Å². The third kappa shape index (κ3) is 3.98. The van der Waals surface area contributed by atoms with Crippen molar-refractivity contribution in [1.82, 2.24) is 0 Å². The van der Waals surface area contributed by atoms with Crippen molar-refractivity contribution in [3.63, 3.8) is 0 Å². The lowest BCUT2D eigenvalue weighted by Crippen LogP contribution is -2.38. The van der Waals surface area contributed by atoms with Gasteiger partial charge >= 0.3 is 5.97 Å². The van der Waals surface area contributed by atoms with Crippen molar-refractivity contribution in [2.24, 2.45) is 0 Å². The summed E-state index contributed by atoms with van der Waals surface area (Å²) in [5.74, 6) is -0.715. The Bertz CT molecular complexity index is 407. The third-order valence-electron chi connectivity index (χ3n) is 3.95. The molecule has 104 valence electrons. The molecule has 1 saturated carbocycles. The van der Waals surface area contributed by atoms with Crippen molar-refractivity contribution < 1.29 is 9.90 Å². The molecule has 19 heavy (non-hydrogen) atoms. The highest BCUT2D eigenvalue weighted by molar-refractivity contribution is 5.67. The molecule has 1 N–H and O–H groups in total. The first-order valence-electron chi connectivity index (χ1n) is 7.22. The fourth-order valence-corrected chi connectivity index (χ4v) is 2.87. The Morgan fingerprint density at radius 1 is 1.21 bits per heavy atom. The summed E-state index contributed by atoms with van der Waals surface area (Å²) in [5.41, 5.74) is 2.41. The highest BCUT2D eigenvalue weighted by Gasteiger charge is 2.21. The standard InChI is InChI=1S/C16H23NO2/c1-13-7-9-15(10-8-13)17(12-11-16(18)19)14-5-3-2-4-6-14/h7-10,14H,2-6,11-12H2,1H3,(H,18,19). The van der Waals surface area contributed by atoms with Crippen LogP contribution in [-0.2, 0) is 4.79 Å². The van der Waals surface area contributed by atoms with Crippen molar-refractivity contribution in [2.45, 2.75) is 51.5 Å². The number of hydrogen-bond acceptors (Lipinski definition) is 2. The number of aryl methyl sites for hydroxylation is 1. The predicted molar refractivity (Wildman–Crippen MR) is 77.7 cm³/mol. The van der Waals surface area contributed by atoms with Crippen molar-refractivity contribution in [3.8, 4) is 0 Å². The van der Waals surface area contributed by atoms with Gasteiger partial charge in [-0.15, -0.1) is 0 Å². The minimum absolute atomic E-state index is 0.213. The van der Waals surface area contributed by atoms with Crippen LogP contribution in [0.25, 0.3) is 0 Å². The van der Waals surface area contributed by atoms with Gasteiger partial charge in [0.15, 0.2) is 0 Å². The van der Waals surface area contributed by atoms with Crippen LogP contribution in [0.15, 0.2) is 24.3 Å². The molecule has 2 rings (SSSR count). The summed E-state index contributed by atoms with van der Waals surface area (Å²) < 4.78 is 0. The second-order valence-corrected chi connectivity index (χ2v) is 5.46. The number of rotatable bonds is 5. The van der Waals surface area contributed by atoms with E-state index in [-0.39, 0.29) is 6.42 Å². The van der Waals surface area contributed by atoms with Crippen LogP contribution >= 0.6 is 0 Å². The van der Waals surface area contributed by atoms with Crippen LogP contribution in [0, 0.1) is 6.92 Å². The number of hydrogen-bond donors (Lipinski definition) is 1. The second-order valence-electron chi connectivity index (χ2n) is 5.46. The van der Waals surface area contributed by atoms with Crippen LogP contribution < -0.4 is 4.90 Å². The number of nitrogens with zero attached hydrogens (tertiary/aromatic N) is 1. The fourth-order valence-electron chi connectivity index (χ4n) is 2.87. The first-order chi connectivity index (χ1) is 9.16. The molecule has 0 aliphatic heterocycles. The predicted octanol–water partition coefficient (Wildman–Crippen LogP) is 3.61. The lowest BCUT2D eigenvalue weighted by atomic mass is 9.93. The van der Waals surface area contributed by atoms with E-state index >= 15 is 0 Å². The van der Waals surface area contributed by atoms with Crippen LogP contribution in [0.2, 0.25) is 0 Å². The molecule has 0 spiro atoms. The molecule has 3 heteroatoms. The van der Waals surface area contributed by atoms with E-state index in [1.54, 1.807) is 0 Å². The van der Waals surface area contributed by atoms with Crippen LogP contribution in [0.4, 0.5) is 5.69 Å². The first kappa shape index (κ1) is 13.9. The van der Waals surface area contributed by atoms with Gasteiger partial charge in [-0.1, -0.05) is 37.0 Å². The van der Waals surface area contributed by atoms with Crippen LogP contribution in [0.1, 0.15) is 44.1 Å². The van der Waals surface area contributed by atoms with E-state index in [1.807, 2.05) is 0 Å². The molecular weight excluding hydrogens is 238 g/mol. The molecule has 0 bridgehead atoms. The molecule has 1 aromatic rings. The molecular formula is C16H23NO2. The average molecular weight is 261 g/mol. The molecule has 0 saturated heterocycles. The Labute approximate surface area is 115 Å². The van der Waals surface area contributed by atoms with E-state index < -0.39 is 5.97 Å². The number of carbonyl (C=O) groups is 1. The fraction of sp³-hybridized carbons (Fsp3) is 0.562. The van der Waals surface area contributed by atoms with Crippen molar-refractivity contribution in [2.75, 3.05) is 11.4 Å². The maximum Gasteiger partial charge on any atom is 0.305 e. The Balaban J connectivity index is 2.12. The Hall–Kier alpha value is -1.51. The van der Waals surface area contributed by atoms with Crippen LogP contribution in [0.3, 0.4) is 0 Å². The molecule has 0 radical (unpaired) electrons. The highest BCUT2D eigenvalue weighted by Crippen LogP contribution is 2.27. The summed E-state index contributed by atoms with van der Waals surface area (Å²) in [4.78, 5) is 13.1.